The maximum atomic E-state index is 13.8. The molecular formula is C15H19F2NO3. The van der Waals surface area contributed by atoms with Gasteiger partial charge in [-0.15, -0.1) is 0 Å². The Morgan fingerprint density at radius 3 is 2.76 bits per heavy atom. The maximum Gasteiger partial charge on any atom is 0.200 e. The van der Waals surface area contributed by atoms with E-state index in [1.807, 2.05) is 7.05 Å². The van der Waals surface area contributed by atoms with E-state index in [1.54, 1.807) is 0 Å². The van der Waals surface area contributed by atoms with E-state index in [0.717, 1.165) is 18.9 Å². The summed E-state index contributed by atoms with van der Waals surface area (Å²) in [5.41, 5.74) is 0. The van der Waals surface area contributed by atoms with Crippen molar-refractivity contribution in [3.8, 4) is 5.75 Å². The fraction of sp³-hybridized carbons (Fsp3) is 0.600. The molecule has 0 aromatic heterocycles. The second kappa shape index (κ2) is 5.87. The summed E-state index contributed by atoms with van der Waals surface area (Å²) < 4.78 is 44.2. The van der Waals surface area contributed by atoms with Gasteiger partial charge in [-0.1, -0.05) is 6.07 Å². The van der Waals surface area contributed by atoms with E-state index in [2.05, 4.69) is 5.32 Å². The second-order valence-electron chi connectivity index (χ2n) is 5.45. The minimum absolute atomic E-state index is 0.0473. The first-order valence-electron chi connectivity index (χ1n) is 7.19. The molecule has 0 radical (unpaired) electrons. The molecule has 116 valence electrons. The summed E-state index contributed by atoms with van der Waals surface area (Å²) in [5, 5.41) is 3.16. The molecule has 2 atom stereocenters. The van der Waals surface area contributed by atoms with Gasteiger partial charge in [-0.05, 0) is 25.6 Å². The van der Waals surface area contributed by atoms with Crippen molar-refractivity contribution in [1.29, 1.82) is 0 Å². The first-order chi connectivity index (χ1) is 10.1. The molecule has 2 aliphatic rings. The SMILES string of the molecule is CNC1CCC2(CC1Oc1cccc(F)c1F)OCCO2. The summed E-state index contributed by atoms with van der Waals surface area (Å²) in [6, 6.07) is 3.99. The normalized spacial score (nSPS) is 28.0. The van der Waals surface area contributed by atoms with Crippen LogP contribution in [0.5, 0.6) is 5.75 Å². The van der Waals surface area contributed by atoms with Gasteiger partial charge in [0.05, 0.1) is 13.2 Å². The highest BCUT2D eigenvalue weighted by molar-refractivity contribution is 5.25. The number of hydrogen-bond donors (Lipinski definition) is 1. The molecule has 21 heavy (non-hydrogen) atoms. The summed E-state index contributed by atoms with van der Waals surface area (Å²) in [6.45, 7) is 1.12. The van der Waals surface area contributed by atoms with Crippen LogP contribution in [0.4, 0.5) is 8.78 Å². The van der Waals surface area contributed by atoms with Crippen LogP contribution < -0.4 is 10.1 Å². The molecule has 2 fully saturated rings. The number of hydrogen-bond acceptors (Lipinski definition) is 4. The predicted molar refractivity (Wildman–Crippen MR) is 72.1 cm³/mol. The van der Waals surface area contributed by atoms with Gasteiger partial charge >= 0.3 is 0 Å². The van der Waals surface area contributed by atoms with Gasteiger partial charge in [-0.2, -0.15) is 4.39 Å². The van der Waals surface area contributed by atoms with E-state index in [9.17, 15) is 8.78 Å². The molecule has 0 amide bonds. The number of benzene rings is 1. The van der Waals surface area contributed by atoms with Crippen molar-refractivity contribution >= 4 is 0 Å². The van der Waals surface area contributed by atoms with Crippen LogP contribution >= 0.6 is 0 Å². The molecule has 1 aliphatic carbocycles. The number of nitrogens with one attached hydrogen (secondary N) is 1. The summed E-state index contributed by atoms with van der Waals surface area (Å²) in [4.78, 5) is 0. The van der Waals surface area contributed by atoms with Crippen LogP contribution in [-0.4, -0.2) is 38.2 Å². The van der Waals surface area contributed by atoms with Crippen molar-refractivity contribution < 1.29 is 23.0 Å². The van der Waals surface area contributed by atoms with Crippen molar-refractivity contribution in [2.24, 2.45) is 0 Å². The van der Waals surface area contributed by atoms with Crippen molar-refractivity contribution in [3.63, 3.8) is 0 Å². The van der Waals surface area contributed by atoms with Gasteiger partial charge in [0.2, 0.25) is 5.82 Å². The molecule has 1 aromatic rings. The van der Waals surface area contributed by atoms with Crippen molar-refractivity contribution in [2.45, 2.75) is 37.2 Å². The predicted octanol–water partition coefficient (Wildman–Crippen LogP) is 2.23. The average Bonchev–Trinajstić information content (AvgIpc) is 2.92. The fourth-order valence-corrected chi connectivity index (χ4v) is 3.06. The van der Waals surface area contributed by atoms with Gasteiger partial charge in [-0.25, -0.2) is 4.39 Å². The fourth-order valence-electron chi connectivity index (χ4n) is 3.06. The van der Waals surface area contributed by atoms with Crippen molar-refractivity contribution in [1.82, 2.24) is 5.32 Å². The summed E-state index contributed by atoms with van der Waals surface area (Å²) in [6.07, 6.45) is 1.72. The number of halogens is 2. The van der Waals surface area contributed by atoms with E-state index in [4.69, 9.17) is 14.2 Å². The molecule has 2 unspecified atom stereocenters. The molecule has 1 aromatic carbocycles. The molecule has 1 N–H and O–H groups in total. The zero-order valence-electron chi connectivity index (χ0n) is 11.9. The summed E-state index contributed by atoms with van der Waals surface area (Å²) in [7, 11) is 1.83. The Morgan fingerprint density at radius 1 is 1.29 bits per heavy atom. The molecular weight excluding hydrogens is 280 g/mol. The Bertz CT molecular complexity index is 506. The van der Waals surface area contributed by atoms with Gasteiger partial charge in [0.25, 0.3) is 0 Å². The standard InChI is InChI=1S/C15H19F2NO3/c1-18-11-5-6-15(19-7-8-20-15)9-13(11)21-12-4-2-3-10(16)14(12)17/h2-4,11,13,18H,5-9H2,1H3. The van der Waals surface area contributed by atoms with Gasteiger partial charge in [0.1, 0.15) is 6.10 Å². The van der Waals surface area contributed by atoms with Crippen LogP contribution in [0.3, 0.4) is 0 Å². The minimum atomic E-state index is -0.958. The monoisotopic (exact) mass is 299 g/mol. The topological polar surface area (TPSA) is 39.7 Å². The number of likely N-dealkylation sites (N-methyl/N-ethyl adjacent to an activating group) is 1. The third kappa shape index (κ3) is 2.88. The minimum Gasteiger partial charge on any atom is -0.485 e. The lowest BCUT2D eigenvalue weighted by Crippen LogP contribution is -2.52. The summed E-state index contributed by atoms with van der Waals surface area (Å²) in [5.74, 6) is -2.58. The Hall–Kier alpha value is -1.24. The maximum absolute atomic E-state index is 13.8. The molecule has 1 saturated heterocycles. The Kier molecular flexibility index (Phi) is 4.10. The lowest BCUT2D eigenvalue weighted by molar-refractivity contribution is -0.197. The molecule has 1 heterocycles. The largest absolute Gasteiger partial charge is 0.485 e. The number of ether oxygens (including phenoxy) is 3. The van der Waals surface area contributed by atoms with Crippen molar-refractivity contribution in [2.75, 3.05) is 20.3 Å². The van der Waals surface area contributed by atoms with E-state index in [-0.39, 0.29) is 17.9 Å². The van der Waals surface area contributed by atoms with Crippen LogP contribution in [-0.2, 0) is 9.47 Å². The van der Waals surface area contributed by atoms with Crippen LogP contribution in [0.15, 0.2) is 18.2 Å². The van der Waals surface area contributed by atoms with Crippen LogP contribution in [0.1, 0.15) is 19.3 Å². The first kappa shape index (κ1) is 14.7. The third-order valence-electron chi connectivity index (χ3n) is 4.18. The zero-order chi connectivity index (χ0) is 14.9. The Labute approximate surface area is 122 Å². The highest BCUT2D eigenvalue weighted by Crippen LogP contribution is 2.37. The lowest BCUT2D eigenvalue weighted by Gasteiger charge is -2.40. The van der Waals surface area contributed by atoms with E-state index >= 15 is 0 Å². The molecule has 1 spiro atoms. The quantitative estimate of drug-likeness (QED) is 0.929. The van der Waals surface area contributed by atoms with Crippen LogP contribution in [0, 0.1) is 11.6 Å². The molecule has 4 nitrogen and oxygen atoms in total. The Morgan fingerprint density at radius 2 is 2.05 bits per heavy atom. The third-order valence-corrected chi connectivity index (χ3v) is 4.18. The van der Waals surface area contributed by atoms with Gasteiger partial charge in [0.15, 0.2) is 17.4 Å². The van der Waals surface area contributed by atoms with Gasteiger partial charge in [0, 0.05) is 18.9 Å². The van der Waals surface area contributed by atoms with Crippen molar-refractivity contribution in [3.05, 3.63) is 29.8 Å². The van der Waals surface area contributed by atoms with E-state index in [0.29, 0.717) is 19.6 Å². The molecule has 1 saturated carbocycles. The van der Waals surface area contributed by atoms with Crippen LogP contribution in [0.2, 0.25) is 0 Å². The van der Waals surface area contributed by atoms with E-state index in [1.165, 1.54) is 12.1 Å². The second-order valence-corrected chi connectivity index (χ2v) is 5.45. The van der Waals surface area contributed by atoms with E-state index < -0.39 is 17.4 Å². The van der Waals surface area contributed by atoms with Gasteiger partial charge < -0.3 is 19.5 Å². The molecule has 6 heteroatoms. The smallest absolute Gasteiger partial charge is 0.200 e. The molecule has 1 aliphatic heterocycles. The van der Waals surface area contributed by atoms with Crippen LogP contribution in [0.25, 0.3) is 0 Å². The van der Waals surface area contributed by atoms with Gasteiger partial charge in [-0.3, -0.25) is 0 Å². The first-order valence-corrected chi connectivity index (χ1v) is 7.19. The average molecular weight is 299 g/mol. The summed E-state index contributed by atoms with van der Waals surface area (Å²) >= 11 is 0. The Balaban J connectivity index is 1.78. The zero-order valence-corrected chi connectivity index (χ0v) is 11.9. The molecule has 0 bridgehead atoms. The number of rotatable bonds is 3. The lowest BCUT2D eigenvalue weighted by atomic mass is 9.87. The molecule has 3 rings (SSSR count). The highest BCUT2D eigenvalue weighted by Gasteiger charge is 2.46. The highest BCUT2D eigenvalue weighted by atomic mass is 19.2.